The number of H-pyrrole nitrogens is 1. The van der Waals surface area contributed by atoms with Crippen LogP contribution in [-0.4, -0.2) is 33.4 Å². The van der Waals surface area contributed by atoms with Crippen LogP contribution in [0.4, 0.5) is 5.69 Å². The second-order valence-corrected chi connectivity index (χ2v) is 5.78. The zero-order chi connectivity index (χ0) is 15.6. The molecule has 2 aromatic heterocycles. The van der Waals surface area contributed by atoms with Crippen molar-refractivity contribution in [1.29, 1.82) is 0 Å². The third-order valence-electron chi connectivity index (χ3n) is 4.15. The lowest BCUT2D eigenvalue weighted by Gasteiger charge is -2.08. The molecular weight excluding hydrogens is 292 g/mol. The van der Waals surface area contributed by atoms with Crippen LogP contribution in [0.5, 0.6) is 0 Å². The molecular formula is C17H18N4O2. The van der Waals surface area contributed by atoms with Crippen molar-refractivity contribution in [2.45, 2.75) is 25.5 Å². The van der Waals surface area contributed by atoms with Crippen molar-refractivity contribution in [1.82, 2.24) is 14.8 Å². The average Bonchev–Trinajstić information content (AvgIpc) is 3.28. The molecule has 6 heteroatoms. The fraction of sp³-hybridized carbons (Fsp3) is 0.294. The van der Waals surface area contributed by atoms with Crippen molar-refractivity contribution in [3.05, 3.63) is 48.4 Å². The number of anilines is 1. The zero-order valence-electron chi connectivity index (χ0n) is 12.7. The molecule has 3 aromatic rings. The van der Waals surface area contributed by atoms with E-state index >= 15 is 0 Å². The number of carbonyl (C=O) groups is 1. The number of fused-ring (bicyclic) bond motifs is 1. The topological polar surface area (TPSA) is 71.9 Å². The van der Waals surface area contributed by atoms with Crippen molar-refractivity contribution in [2.24, 2.45) is 0 Å². The first-order valence-electron chi connectivity index (χ1n) is 7.81. The predicted molar refractivity (Wildman–Crippen MR) is 87.5 cm³/mol. The number of aromatic nitrogens is 3. The van der Waals surface area contributed by atoms with Crippen molar-refractivity contribution in [3.63, 3.8) is 0 Å². The van der Waals surface area contributed by atoms with E-state index < -0.39 is 0 Å². The number of ether oxygens (including phenoxy) is 1. The molecule has 3 heterocycles. The SMILES string of the molecule is O=C(Nc1cnn(CC2CCCO2)c1)c1cccc2[nH]ccc12. The summed E-state index contributed by atoms with van der Waals surface area (Å²) in [6.45, 7) is 1.56. The monoisotopic (exact) mass is 310 g/mol. The summed E-state index contributed by atoms with van der Waals surface area (Å²) in [5.74, 6) is -0.133. The van der Waals surface area contributed by atoms with Gasteiger partial charge >= 0.3 is 0 Å². The molecule has 1 aromatic carbocycles. The van der Waals surface area contributed by atoms with E-state index in [1.54, 1.807) is 6.20 Å². The van der Waals surface area contributed by atoms with Crippen molar-refractivity contribution >= 4 is 22.5 Å². The molecule has 1 fully saturated rings. The Bertz CT molecular complexity index is 830. The number of hydrogen-bond acceptors (Lipinski definition) is 3. The highest BCUT2D eigenvalue weighted by atomic mass is 16.5. The first kappa shape index (κ1) is 14.0. The number of nitrogens with one attached hydrogen (secondary N) is 2. The van der Waals surface area contributed by atoms with Gasteiger partial charge in [0.15, 0.2) is 0 Å². The van der Waals surface area contributed by atoms with Gasteiger partial charge in [0.25, 0.3) is 5.91 Å². The summed E-state index contributed by atoms with van der Waals surface area (Å²) in [7, 11) is 0. The number of aromatic amines is 1. The molecule has 0 spiro atoms. The molecule has 0 bridgehead atoms. The van der Waals surface area contributed by atoms with Crippen LogP contribution in [0.3, 0.4) is 0 Å². The highest BCUT2D eigenvalue weighted by Gasteiger charge is 2.17. The van der Waals surface area contributed by atoms with Crippen molar-refractivity contribution < 1.29 is 9.53 Å². The predicted octanol–water partition coefficient (Wildman–Crippen LogP) is 2.80. The van der Waals surface area contributed by atoms with E-state index in [0.29, 0.717) is 11.3 Å². The molecule has 1 aliphatic rings. The van der Waals surface area contributed by atoms with Crippen LogP contribution < -0.4 is 5.32 Å². The minimum absolute atomic E-state index is 0.133. The maximum atomic E-state index is 12.5. The molecule has 0 saturated carbocycles. The Labute approximate surface area is 133 Å². The van der Waals surface area contributed by atoms with Crippen LogP contribution in [0.1, 0.15) is 23.2 Å². The molecule has 0 aliphatic carbocycles. The molecule has 2 N–H and O–H groups in total. The Morgan fingerprint density at radius 2 is 2.39 bits per heavy atom. The van der Waals surface area contributed by atoms with Gasteiger partial charge < -0.3 is 15.0 Å². The summed E-state index contributed by atoms with van der Waals surface area (Å²) in [6, 6.07) is 7.55. The van der Waals surface area contributed by atoms with E-state index in [9.17, 15) is 4.79 Å². The smallest absolute Gasteiger partial charge is 0.256 e. The average molecular weight is 310 g/mol. The van der Waals surface area contributed by atoms with Gasteiger partial charge in [-0.25, -0.2) is 0 Å². The van der Waals surface area contributed by atoms with Gasteiger partial charge in [0.05, 0.1) is 24.5 Å². The van der Waals surface area contributed by atoms with Gasteiger partial charge in [-0.3, -0.25) is 9.48 Å². The minimum atomic E-state index is -0.133. The third kappa shape index (κ3) is 2.85. The van der Waals surface area contributed by atoms with Gasteiger partial charge in [0.1, 0.15) is 0 Å². The number of benzene rings is 1. The summed E-state index contributed by atoms with van der Waals surface area (Å²) >= 11 is 0. The van der Waals surface area contributed by atoms with Crippen LogP contribution in [0, 0.1) is 0 Å². The molecule has 6 nitrogen and oxygen atoms in total. The highest BCUT2D eigenvalue weighted by Crippen LogP contribution is 2.19. The normalized spacial score (nSPS) is 17.7. The fourth-order valence-corrected chi connectivity index (χ4v) is 3.01. The summed E-state index contributed by atoms with van der Waals surface area (Å²) in [6.07, 6.45) is 7.75. The summed E-state index contributed by atoms with van der Waals surface area (Å²) in [5, 5.41) is 8.12. The third-order valence-corrected chi connectivity index (χ3v) is 4.15. The maximum Gasteiger partial charge on any atom is 0.256 e. The van der Waals surface area contributed by atoms with Gasteiger partial charge in [0.2, 0.25) is 0 Å². The molecule has 4 rings (SSSR count). The second kappa shape index (κ2) is 5.89. The van der Waals surface area contributed by atoms with Gasteiger partial charge in [0, 0.05) is 35.5 Å². The largest absolute Gasteiger partial charge is 0.376 e. The van der Waals surface area contributed by atoms with E-state index in [-0.39, 0.29) is 12.0 Å². The first-order valence-corrected chi connectivity index (χ1v) is 7.81. The maximum absolute atomic E-state index is 12.5. The van der Waals surface area contributed by atoms with E-state index in [4.69, 9.17) is 4.74 Å². The Morgan fingerprint density at radius 1 is 1.43 bits per heavy atom. The van der Waals surface area contributed by atoms with E-state index in [1.165, 1.54) is 0 Å². The number of rotatable bonds is 4. The Balaban J connectivity index is 1.48. The van der Waals surface area contributed by atoms with E-state index in [2.05, 4.69) is 15.4 Å². The summed E-state index contributed by atoms with van der Waals surface area (Å²) < 4.78 is 7.43. The van der Waals surface area contributed by atoms with Gasteiger partial charge in [-0.1, -0.05) is 6.07 Å². The molecule has 1 saturated heterocycles. The van der Waals surface area contributed by atoms with Crippen LogP contribution in [-0.2, 0) is 11.3 Å². The zero-order valence-corrected chi connectivity index (χ0v) is 12.7. The van der Waals surface area contributed by atoms with Crippen LogP contribution in [0.25, 0.3) is 10.9 Å². The standard InChI is InChI=1S/C17H18N4O2/c22-17(15-4-1-5-16-14(15)6-7-18-16)20-12-9-19-21(10-12)11-13-3-2-8-23-13/h1,4-7,9-10,13,18H,2-3,8,11H2,(H,20,22). The lowest BCUT2D eigenvalue weighted by Crippen LogP contribution is -2.15. The fourth-order valence-electron chi connectivity index (χ4n) is 3.01. The summed E-state index contributed by atoms with van der Waals surface area (Å²) in [5.41, 5.74) is 2.29. The second-order valence-electron chi connectivity index (χ2n) is 5.78. The highest BCUT2D eigenvalue weighted by molar-refractivity contribution is 6.12. The number of carbonyl (C=O) groups excluding carboxylic acids is 1. The van der Waals surface area contributed by atoms with Crippen LogP contribution in [0.15, 0.2) is 42.9 Å². The number of nitrogens with zero attached hydrogens (tertiary/aromatic N) is 2. The molecule has 0 radical (unpaired) electrons. The van der Waals surface area contributed by atoms with E-state index in [0.717, 1.165) is 36.9 Å². The Morgan fingerprint density at radius 3 is 3.26 bits per heavy atom. The van der Waals surface area contributed by atoms with Crippen LogP contribution in [0.2, 0.25) is 0 Å². The number of amides is 1. The first-order chi connectivity index (χ1) is 11.3. The Hall–Kier alpha value is -2.60. The van der Waals surface area contributed by atoms with Gasteiger partial charge in [-0.05, 0) is 31.0 Å². The van der Waals surface area contributed by atoms with Crippen molar-refractivity contribution in [2.75, 3.05) is 11.9 Å². The van der Waals surface area contributed by atoms with Crippen LogP contribution >= 0.6 is 0 Å². The Kier molecular flexibility index (Phi) is 3.59. The molecule has 118 valence electrons. The molecule has 1 atom stereocenters. The molecule has 1 unspecified atom stereocenters. The molecule has 23 heavy (non-hydrogen) atoms. The lowest BCUT2D eigenvalue weighted by molar-refractivity contribution is 0.0940. The van der Waals surface area contributed by atoms with E-state index in [1.807, 2.05) is 41.3 Å². The van der Waals surface area contributed by atoms with Crippen molar-refractivity contribution in [3.8, 4) is 0 Å². The molecule has 1 amide bonds. The minimum Gasteiger partial charge on any atom is -0.376 e. The number of hydrogen-bond donors (Lipinski definition) is 2. The lowest BCUT2D eigenvalue weighted by atomic mass is 10.1. The van der Waals surface area contributed by atoms with Gasteiger partial charge in [-0.15, -0.1) is 0 Å². The van der Waals surface area contributed by atoms with Gasteiger partial charge in [-0.2, -0.15) is 5.10 Å². The summed E-state index contributed by atoms with van der Waals surface area (Å²) in [4.78, 5) is 15.6. The molecule has 1 aliphatic heterocycles. The quantitative estimate of drug-likeness (QED) is 0.778.